The molecule has 9 nitrogen and oxygen atoms in total. The number of aryl methyl sites for hydroxylation is 3. The number of aromatic nitrogens is 6. The highest BCUT2D eigenvalue weighted by Crippen LogP contribution is 2.18. The highest BCUT2D eigenvalue weighted by atomic mass is 32.1. The van der Waals surface area contributed by atoms with Gasteiger partial charge >= 0.3 is 5.97 Å². The SMILES string of the molecule is CCOC(=O)c1c(C)[nH]c(/C=N/n2c(-n3nc(C)cc3C)n[nH]c2=S)c1C. The van der Waals surface area contributed by atoms with E-state index in [1.54, 1.807) is 17.8 Å². The number of nitrogens with one attached hydrogen (secondary N) is 2. The summed E-state index contributed by atoms with van der Waals surface area (Å²) in [5, 5.41) is 15.8. The number of esters is 1. The van der Waals surface area contributed by atoms with Crippen LogP contribution < -0.4 is 0 Å². The van der Waals surface area contributed by atoms with Crippen LogP contribution in [0.25, 0.3) is 5.95 Å². The summed E-state index contributed by atoms with van der Waals surface area (Å²) in [5.74, 6) is 0.0973. The second kappa shape index (κ2) is 7.31. The molecule has 0 amide bonds. The van der Waals surface area contributed by atoms with Gasteiger partial charge in [0.2, 0.25) is 4.77 Å². The molecule has 0 saturated heterocycles. The number of H-pyrrole nitrogens is 2. The minimum atomic E-state index is -0.355. The average Bonchev–Trinajstić information content (AvgIpc) is 3.21. The first-order chi connectivity index (χ1) is 12.8. The van der Waals surface area contributed by atoms with Crippen LogP contribution in [0.1, 0.15) is 45.6 Å². The predicted molar refractivity (Wildman–Crippen MR) is 103 cm³/mol. The molecule has 0 radical (unpaired) electrons. The van der Waals surface area contributed by atoms with Gasteiger partial charge in [0, 0.05) is 11.4 Å². The van der Waals surface area contributed by atoms with E-state index in [0.29, 0.717) is 28.6 Å². The number of nitrogens with zero attached hydrogens (tertiary/aromatic N) is 5. The third-order valence-corrected chi connectivity index (χ3v) is 4.35. The normalized spacial score (nSPS) is 11.4. The molecular formula is C17H21N7O2S. The van der Waals surface area contributed by atoms with E-state index in [-0.39, 0.29) is 5.97 Å². The van der Waals surface area contributed by atoms with Crippen molar-refractivity contribution in [3.8, 4) is 5.95 Å². The van der Waals surface area contributed by atoms with Gasteiger partial charge in [-0.1, -0.05) is 0 Å². The Morgan fingerprint density at radius 1 is 1.37 bits per heavy atom. The van der Waals surface area contributed by atoms with Gasteiger partial charge in [0.25, 0.3) is 5.95 Å². The summed E-state index contributed by atoms with van der Waals surface area (Å²) >= 11 is 5.28. The second-order valence-electron chi connectivity index (χ2n) is 6.11. The Hall–Kier alpha value is -3.01. The fourth-order valence-corrected chi connectivity index (χ4v) is 3.06. The Labute approximate surface area is 161 Å². The van der Waals surface area contributed by atoms with Crippen molar-refractivity contribution in [1.82, 2.24) is 29.6 Å². The van der Waals surface area contributed by atoms with Gasteiger partial charge in [-0.25, -0.2) is 14.6 Å². The van der Waals surface area contributed by atoms with E-state index in [1.807, 2.05) is 33.8 Å². The van der Waals surface area contributed by atoms with Crippen LogP contribution in [0.15, 0.2) is 11.2 Å². The monoisotopic (exact) mass is 387 g/mol. The lowest BCUT2D eigenvalue weighted by atomic mass is 10.1. The van der Waals surface area contributed by atoms with E-state index in [4.69, 9.17) is 17.0 Å². The molecule has 0 aromatic carbocycles. The van der Waals surface area contributed by atoms with E-state index in [0.717, 1.165) is 22.6 Å². The van der Waals surface area contributed by atoms with Gasteiger partial charge in [-0.15, -0.1) is 5.10 Å². The van der Waals surface area contributed by atoms with Gasteiger partial charge in [-0.3, -0.25) is 0 Å². The fourth-order valence-electron chi connectivity index (χ4n) is 2.88. The Morgan fingerprint density at radius 3 is 2.74 bits per heavy atom. The molecular weight excluding hydrogens is 366 g/mol. The Balaban J connectivity index is 2.00. The molecule has 0 bridgehead atoms. The molecule has 27 heavy (non-hydrogen) atoms. The molecule has 3 heterocycles. The summed E-state index contributed by atoms with van der Waals surface area (Å²) in [4.78, 5) is 15.3. The van der Waals surface area contributed by atoms with Crippen molar-refractivity contribution in [2.24, 2.45) is 5.10 Å². The molecule has 0 aliphatic rings. The second-order valence-corrected chi connectivity index (χ2v) is 6.49. The number of rotatable bonds is 5. The quantitative estimate of drug-likeness (QED) is 0.398. The zero-order valence-corrected chi connectivity index (χ0v) is 16.6. The number of hydrogen-bond donors (Lipinski definition) is 2. The predicted octanol–water partition coefficient (Wildman–Crippen LogP) is 2.75. The summed E-state index contributed by atoms with van der Waals surface area (Å²) in [7, 11) is 0. The van der Waals surface area contributed by atoms with E-state index in [9.17, 15) is 4.79 Å². The topological polar surface area (TPSA) is 106 Å². The van der Waals surface area contributed by atoms with Gasteiger partial charge < -0.3 is 9.72 Å². The minimum absolute atomic E-state index is 0.322. The lowest BCUT2D eigenvalue weighted by molar-refractivity contribution is 0.0525. The summed E-state index contributed by atoms with van der Waals surface area (Å²) in [6.07, 6.45) is 1.60. The first kappa shape index (κ1) is 18.8. The van der Waals surface area contributed by atoms with Crippen LogP contribution >= 0.6 is 12.2 Å². The van der Waals surface area contributed by atoms with E-state index < -0.39 is 0 Å². The summed E-state index contributed by atoms with van der Waals surface area (Å²) in [6.45, 7) is 9.59. The van der Waals surface area contributed by atoms with Crippen LogP contribution in [-0.2, 0) is 4.74 Å². The lowest BCUT2D eigenvalue weighted by Gasteiger charge is -2.03. The molecule has 0 saturated carbocycles. The van der Waals surface area contributed by atoms with Crippen molar-refractivity contribution < 1.29 is 9.53 Å². The Morgan fingerprint density at radius 2 is 2.11 bits per heavy atom. The van der Waals surface area contributed by atoms with Crippen molar-refractivity contribution >= 4 is 24.4 Å². The van der Waals surface area contributed by atoms with E-state index in [1.165, 1.54) is 4.68 Å². The lowest BCUT2D eigenvalue weighted by Crippen LogP contribution is -2.07. The molecule has 2 N–H and O–H groups in total. The van der Waals surface area contributed by atoms with Crippen molar-refractivity contribution in [1.29, 1.82) is 0 Å². The van der Waals surface area contributed by atoms with Gasteiger partial charge in [0.1, 0.15) is 0 Å². The maximum absolute atomic E-state index is 12.1. The van der Waals surface area contributed by atoms with Gasteiger partial charge in [-0.05, 0) is 58.5 Å². The van der Waals surface area contributed by atoms with Crippen molar-refractivity contribution in [2.75, 3.05) is 6.61 Å². The van der Waals surface area contributed by atoms with Crippen LogP contribution in [-0.4, -0.2) is 48.4 Å². The Kier molecular flexibility index (Phi) is 5.08. The highest BCUT2D eigenvalue weighted by Gasteiger charge is 2.18. The van der Waals surface area contributed by atoms with Crippen molar-refractivity contribution in [3.63, 3.8) is 0 Å². The van der Waals surface area contributed by atoms with Crippen LogP contribution in [0.4, 0.5) is 0 Å². The first-order valence-corrected chi connectivity index (χ1v) is 8.86. The van der Waals surface area contributed by atoms with Gasteiger partial charge in [-0.2, -0.15) is 14.9 Å². The maximum Gasteiger partial charge on any atom is 0.340 e. The molecule has 3 rings (SSSR count). The van der Waals surface area contributed by atoms with Crippen LogP contribution in [0.2, 0.25) is 0 Å². The number of ether oxygens (including phenoxy) is 1. The van der Waals surface area contributed by atoms with Crippen molar-refractivity contribution in [3.05, 3.63) is 44.7 Å². The molecule has 0 aliphatic carbocycles. The molecule has 0 atom stereocenters. The van der Waals surface area contributed by atoms with E-state index >= 15 is 0 Å². The number of carbonyl (C=O) groups excluding carboxylic acids is 1. The average molecular weight is 387 g/mol. The fraction of sp³-hybridized carbons (Fsp3) is 0.353. The van der Waals surface area contributed by atoms with Gasteiger partial charge in [0.15, 0.2) is 0 Å². The third kappa shape index (κ3) is 3.47. The molecule has 3 aromatic rings. The molecule has 3 aromatic heterocycles. The molecule has 0 aliphatic heterocycles. The first-order valence-electron chi connectivity index (χ1n) is 8.45. The standard InChI is InChI=1S/C17H21N7O2S/c1-6-26-15(25)14-11(4)13(19-12(14)5)8-18-24-16(20-21-17(24)27)23-10(3)7-9(2)22-23/h7-8,19H,6H2,1-5H3,(H,21,27)/b18-8+. The van der Waals surface area contributed by atoms with Crippen molar-refractivity contribution in [2.45, 2.75) is 34.6 Å². The minimum Gasteiger partial charge on any atom is -0.462 e. The number of hydrogen-bond acceptors (Lipinski definition) is 6. The largest absolute Gasteiger partial charge is 0.462 e. The molecule has 0 fully saturated rings. The molecule has 0 unspecified atom stereocenters. The Bertz CT molecular complexity index is 1080. The van der Waals surface area contributed by atoms with Crippen LogP contribution in [0, 0.1) is 32.5 Å². The zero-order chi connectivity index (χ0) is 19.7. The molecule has 10 heteroatoms. The number of aromatic amines is 2. The smallest absolute Gasteiger partial charge is 0.340 e. The molecule has 0 spiro atoms. The third-order valence-electron chi connectivity index (χ3n) is 4.09. The van der Waals surface area contributed by atoms with E-state index in [2.05, 4.69) is 25.4 Å². The van der Waals surface area contributed by atoms with Gasteiger partial charge in [0.05, 0.1) is 29.8 Å². The zero-order valence-electron chi connectivity index (χ0n) is 15.8. The highest BCUT2D eigenvalue weighted by molar-refractivity contribution is 7.71. The maximum atomic E-state index is 12.1. The summed E-state index contributed by atoms with van der Waals surface area (Å²) < 4.78 is 8.59. The van der Waals surface area contributed by atoms with Crippen LogP contribution in [0.5, 0.6) is 0 Å². The van der Waals surface area contributed by atoms with Crippen LogP contribution in [0.3, 0.4) is 0 Å². The summed E-state index contributed by atoms with van der Waals surface area (Å²) in [5.41, 5.74) is 4.48. The number of carbonyl (C=O) groups is 1. The molecule has 142 valence electrons. The summed E-state index contributed by atoms with van der Waals surface area (Å²) in [6, 6.07) is 1.94.